The molecular formula is C15H12N2O3. The summed E-state index contributed by atoms with van der Waals surface area (Å²) in [7, 11) is 0. The third-order valence-corrected chi connectivity index (χ3v) is 2.97. The van der Waals surface area contributed by atoms with E-state index in [0.717, 1.165) is 5.75 Å². The van der Waals surface area contributed by atoms with E-state index in [0.29, 0.717) is 17.1 Å². The molecule has 0 radical (unpaired) electrons. The lowest BCUT2D eigenvalue weighted by Crippen LogP contribution is -1.97. The molecule has 2 heterocycles. The summed E-state index contributed by atoms with van der Waals surface area (Å²) in [6, 6.07) is 12.8. The predicted molar refractivity (Wildman–Crippen MR) is 73.4 cm³/mol. The Morgan fingerprint density at radius 3 is 2.60 bits per heavy atom. The van der Waals surface area contributed by atoms with Crippen LogP contribution in [0.1, 0.15) is 16.3 Å². The maximum absolute atomic E-state index is 11.1. The second-order valence-corrected chi connectivity index (χ2v) is 4.35. The van der Waals surface area contributed by atoms with Crippen LogP contribution in [0.3, 0.4) is 0 Å². The van der Waals surface area contributed by atoms with Crippen LogP contribution in [-0.2, 0) is 0 Å². The maximum atomic E-state index is 11.1. The van der Waals surface area contributed by atoms with Crippen LogP contribution >= 0.6 is 0 Å². The van der Waals surface area contributed by atoms with E-state index in [9.17, 15) is 4.79 Å². The predicted octanol–water partition coefficient (Wildman–Crippen LogP) is 3.13. The number of para-hydroxylation sites is 1. The molecule has 0 amide bonds. The summed E-state index contributed by atoms with van der Waals surface area (Å²) in [5.74, 6) is 0.924. The molecule has 0 fully saturated rings. The zero-order valence-electron chi connectivity index (χ0n) is 10.8. The van der Waals surface area contributed by atoms with Crippen molar-refractivity contribution in [1.29, 1.82) is 0 Å². The number of ether oxygens (including phenoxy) is 1. The Balaban J connectivity index is 2.03. The van der Waals surface area contributed by atoms with Gasteiger partial charge >= 0.3 is 5.97 Å². The van der Waals surface area contributed by atoms with Crippen molar-refractivity contribution in [2.75, 3.05) is 0 Å². The molecule has 3 rings (SSSR count). The van der Waals surface area contributed by atoms with E-state index in [1.165, 1.54) is 0 Å². The second kappa shape index (κ2) is 4.70. The van der Waals surface area contributed by atoms with Crippen molar-refractivity contribution >= 4 is 11.5 Å². The molecule has 5 nitrogen and oxygen atoms in total. The van der Waals surface area contributed by atoms with E-state index < -0.39 is 5.97 Å². The van der Waals surface area contributed by atoms with E-state index >= 15 is 0 Å². The third-order valence-electron chi connectivity index (χ3n) is 2.97. The Morgan fingerprint density at radius 1 is 1.15 bits per heavy atom. The molecule has 0 aliphatic carbocycles. The zero-order chi connectivity index (χ0) is 14.1. The van der Waals surface area contributed by atoms with Gasteiger partial charge in [0.15, 0.2) is 5.69 Å². The Kier molecular flexibility index (Phi) is 2.87. The van der Waals surface area contributed by atoms with Gasteiger partial charge in [0, 0.05) is 0 Å². The van der Waals surface area contributed by atoms with Crippen molar-refractivity contribution in [3.8, 4) is 11.5 Å². The van der Waals surface area contributed by atoms with Crippen LogP contribution in [0.4, 0.5) is 0 Å². The molecule has 1 aromatic carbocycles. The molecule has 0 atom stereocenters. The normalized spacial score (nSPS) is 10.7. The van der Waals surface area contributed by atoms with Gasteiger partial charge in [-0.3, -0.25) is 4.40 Å². The van der Waals surface area contributed by atoms with Gasteiger partial charge in [-0.05, 0) is 31.2 Å². The Morgan fingerprint density at radius 2 is 1.90 bits per heavy atom. The summed E-state index contributed by atoms with van der Waals surface area (Å²) in [5.41, 5.74) is 0.601. The summed E-state index contributed by atoms with van der Waals surface area (Å²) in [4.78, 5) is 15.1. The topological polar surface area (TPSA) is 63.8 Å². The highest BCUT2D eigenvalue weighted by Crippen LogP contribution is 2.23. The van der Waals surface area contributed by atoms with Gasteiger partial charge in [0.05, 0.1) is 11.7 Å². The fourth-order valence-corrected chi connectivity index (χ4v) is 2.06. The van der Waals surface area contributed by atoms with Crippen LogP contribution < -0.4 is 4.74 Å². The average molecular weight is 268 g/mol. The molecule has 0 saturated carbocycles. The molecule has 0 saturated heterocycles. The first-order valence-corrected chi connectivity index (χ1v) is 6.10. The van der Waals surface area contributed by atoms with E-state index in [4.69, 9.17) is 9.84 Å². The van der Waals surface area contributed by atoms with Gasteiger partial charge in [0.1, 0.15) is 17.3 Å². The summed E-state index contributed by atoms with van der Waals surface area (Å²) < 4.78 is 7.43. The quantitative estimate of drug-likeness (QED) is 0.792. The number of rotatable bonds is 3. The number of aryl methyl sites for hydroxylation is 1. The van der Waals surface area contributed by atoms with Crippen LogP contribution in [0, 0.1) is 6.92 Å². The number of imidazole rings is 1. The van der Waals surface area contributed by atoms with Crippen molar-refractivity contribution in [3.63, 3.8) is 0 Å². The van der Waals surface area contributed by atoms with Gasteiger partial charge in [-0.2, -0.15) is 0 Å². The van der Waals surface area contributed by atoms with Crippen molar-refractivity contribution in [2.24, 2.45) is 0 Å². The van der Waals surface area contributed by atoms with Gasteiger partial charge < -0.3 is 9.84 Å². The highest BCUT2D eigenvalue weighted by molar-refractivity contribution is 5.93. The fourth-order valence-electron chi connectivity index (χ4n) is 2.06. The Bertz CT molecular complexity index is 778. The average Bonchev–Trinajstić information content (AvgIpc) is 2.77. The van der Waals surface area contributed by atoms with Crippen molar-refractivity contribution < 1.29 is 14.6 Å². The fraction of sp³-hybridized carbons (Fsp3) is 0.0667. The Hall–Kier alpha value is -2.82. The number of nitrogens with zero attached hydrogens (tertiary/aromatic N) is 2. The molecule has 0 aliphatic rings. The number of carboxylic acid groups (broad SMARTS) is 1. The molecule has 20 heavy (non-hydrogen) atoms. The van der Waals surface area contributed by atoms with Gasteiger partial charge in [0.2, 0.25) is 0 Å². The van der Waals surface area contributed by atoms with Gasteiger partial charge in [-0.15, -0.1) is 0 Å². The third kappa shape index (κ3) is 2.09. The molecule has 3 aromatic rings. The van der Waals surface area contributed by atoms with E-state index in [1.807, 2.05) is 30.3 Å². The summed E-state index contributed by atoms with van der Waals surface area (Å²) in [6.07, 6.45) is 1.73. The minimum Gasteiger partial charge on any atom is -0.476 e. The molecule has 1 N–H and O–H groups in total. The molecular weight excluding hydrogens is 256 g/mol. The standard InChI is InChI=1S/C15H12N2O3/c1-10-16-14(15(18)19)13-8-7-12(9-17(10)13)20-11-5-3-2-4-6-11/h2-9H,1H3,(H,18,19). The maximum Gasteiger partial charge on any atom is 0.356 e. The summed E-state index contributed by atoms with van der Waals surface area (Å²) in [6.45, 7) is 1.76. The number of hydrogen-bond acceptors (Lipinski definition) is 3. The van der Waals surface area contributed by atoms with Crippen LogP contribution in [0.25, 0.3) is 5.52 Å². The zero-order valence-corrected chi connectivity index (χ0v) is 10.8. The highest BCUT2D eigenvalue weighted by atomic mass is 16.5. The highest BCUT2D eigenvalue weighted by Gasteiger charge is 2.14. The lowest BCUT2D eigenvalue weighted by Gasteiger charge is -2.06. The molecule has 0 bridgehead atoms. The number of pyridine rings is 1. The van der Waals surface area contributed by atoms with Gasteiger partial charge in [-0.1, -0.05) is 18.2 Å². The number of carboxylic acids is 1. The van der Waals surface area contributed by atoms with E-state index in [2.05, 4.69) is 4.98 Å². The number of aromatic carboxylic acids is 1. The molecule has 0 spiro atoms. The molecule has 0 unspecified atom stereocenters. The van der Waals surface area contributed by atoms with E-state index in [-0.39, 0.29) is 5.69 Å². The first-order chi connectivity index (χ1) is 9.65. The Labute approximate surface area is 115 Å². The number of aromatic nitrogens is 2. The van der Waals surface area contributed by atoms with Gasteiger partial charge in [-0.25, -0.2) is 9.78 Å². The molecule has 2 aromatic heterocycles. The minimum atomic E-state index is -1.03. The SMILES string of the molecule is Cc1nc(C(=O)O)c2ccc(Oc3ccccc3)cn12. The molecule has 5 heteroatoms. The van der Waals surface area contributed by atoms with Crippen molar-refractivity contribution in [3.05, 3.63) is 60.2 Å². The van der Waals surface area contributed by atoms with Crippen molar-refractivity contribution in [2.45, 2.75) is 6.92 Å². The van der Waals surface area contributed by atoms with Crippen molar-refractivity contribution in [1.82, 2.24) is 9.38 Å². The van der Waals surface area contributed by atoms with Crippen LogP contribution in [-0.4, -0.2) is 20.5 Å². The lowest BCUT2D eigenvalue weighted by molar-refractivity contribution is 0.0693. The molecule has 0 aliphatic heterocycles. The van der Waals surface area contributed by atoms with Crippen LogP contribution in [0.2, 0.25) is 0 Å². The van der Waals surface area contributed by atoms with Gasteiger partial charge in [0.25, 0.3) is 0 Å². The largest absolute Gasteiger partial charge is 0.476 e. The number of carbonyl (C=O) groups is 1. The molecule has 100 valence electrons. The number of fused-ring (bicyclic) bond motifs is 1. The summed E-state index contributed by atoms with van der Waals surface area (Å²) in [5, 5.41) is 9.09. The first kappa shape index (κ1) is 12.2. The minimum absolute atomic E-state index is 0.0498. The first-order valence-electron chi connectivity index (χ1n) is 6.10. The summed E-state index contributed by atoms with van der Waals surface area (Å²) >= 11 is 0. The van der Waals surface area contributed by atoms with E-state index in [1.54, 1.807) is 29.7 Å². The monoisotopic (exact) mass is 268 g/mol. The lowest BCUT2D eigenvalue weighted by atomic mass is 10.3. The second-order valence-electron chi connectivity index (χ2n) is 4.35. The van der Waals surface area contributed by atoms with Crippen LogP contribution in [0.5, 0.6) is 11.5 Å². The number of hydrogen-bond donors (Lipinski definition) is 1. The van der Waals surface area contributed by atoms with Crippen LogP contribution in [0.15, 0.2) is 48.7 Å². The smallest absolute Gasteiger partial charge is 0.356 e. The number of benzene rings is 1.